The minimum absolute atomic E-state index is 0.137. The fourth-order valence-corrected chi connectivity index (χ4v) is 3.17. The molecule has 0 aromatic carbocycles. The molecule has 0 saturated carbocycles. The molecule has 16 heavy (non-hydrogen) atoms. The van der Waals surface area contributed by atoms with Gasteiger partial charge in [0.1, 0.15) is 6.54 Å². The lowest BCUT2D eigenvalue weighted by Crippen LogP contribution is -2.37. The van der Waals surface area contributed by atoms with Crippen molar-refractivity contribution in [3.05, 3.63) is 0 Å². The molecule has 0 aromatic rings. The third kappa shape index (κ3) is 1.18. The van der Waals surface area contributed by atoms with Crippen molar-refractivity contribution in [1.29, 1.82) is 0 Å². The maximum absolute atomic E-state index is 11.9. The van der Waals surface area contributed by atoms with E-state index in [0.717, 1.165) is 17.7 Å². The van der Waals surface area contributed by atoms with Crippen molar-refractivity contribution >= 4 is 28.7 Å². The summed E-state index contributed by atoms with van der Waals surface area (Å²) in [6, 6.07) is 0. The fraction of sp³-hybridized carbons (Fsp3) is 0.700. The van der Waals surface area contributed by atoms with Gasteiger partial charge in [-0.15, -0.1) is 0 Å². The number of imide groups is 1. The Kier molecular flexibility index (Phi) is 2.09. The molecule has 0 aromatic heterocycles. The van der Waals surface area contributed by atoms with Gasteiger partial charge < -0.3 is 4.74 Å². The zero-order chi connectivity index (χ0) is 11.4. The molecule has 3 aliphatic rings. The Hall–Kier alpha value is -0.940. The standard InChI is InChI=1S/C10H10ClNO4/c11-6(13)3-12-9(14)7-4-1-2-5(16-4)8(7)10(12)15/h4-5,7-8H,1-3H2. The summed E-state index contributed by atoms with van der Waals surface area (Å²) < 4.78 is 5.55. The lowest BCUT2D eigenvalue weighted by atomic mass is 9.81. The number of amides is 2. The smallest absolute Gasteiger partial charge is 0.241 e. The van der Waals surface area contributed by atoms with Gasteiger partial charge in [0.15, 0.2) is 0 Å². The largest absolute Gasteiger partial charge is 0.373 e. The van der Waals surface area contributed by atoms with Crippen LogP contribution in [0.15, 0.2) is 0 Å². The predicted molar refractivity (Wildman–Crippen MR) is 52.5 cm³/mol. The van der Waals surface area contributed by atoms with Crippen molar-refractivity contribution in [2.75, 3.05) is 6.54 Å². The molecule has 3 rings (SSSR count). The quantitative estimate of drug-likeness (QED) is 0.503. The predicted octanol–water partition coefficient (Wildman–Crippen LogP) is -0.0858. The number of carbonyl (C=O) groups is 3. The van der Waals surface area contributed by atoms with Crippen molar-refractivity contribution in [3.63, 3.8) is 0 Å². The molecule has 0 spiro atoms. The highest BCUT2D eigenvalue weighted by molar-refractivity contribution is 6.64. The highest BCUT2D eigenvalue weighted by Gasteiger charge is 2.62. The maximum atomic E-state index is 11.9. The van der Waals surface area contributed by atoms with E-state index in [9.17, 15) is 14.4 Å². The van der Waals surface area contributed by atoms with Crippen LogP contribution in [0.5, 0.6) is 0 Å². The number of likely N-dealkylation sites (tertiary alicyclic amines) is 1. The summed E-state index contributed by atoms with van der Waals surface area (Å²) in [5, 5.41) is -0.685. The number of hydrogen-bond donors (Lipinski definition) is 0. The zero-order valence-corrected chi connectivity index (χ0v) is 9.14. The van der Waals surface area contributed by atoms with E-state index in [1.54, 1.807) is 0 Å². The highest BCUT2D eigenvalue weighted by Crippen LogP contribution is 2.48. The minimum atomic E-state index is -0.685. The number of halogens is 1. The molecule has 3 saturated heterocycles. The van der Waals surface area contributed by atoms with Crippen LogP contribution >= 0.6 is 11.6 Å². The highest BCUT2D eigenvalue weighted by atomic mass is 35.5. The first-order valence-corrected chi connectivity index (χ1v) is 5.66. The average molecular weight is 244 g/mol. The lowest BCUT2D eigenvalue weighted by molar-refractivity contribution is -0.144. The zero-order valence-electron chi connectivity index (χ0n) is 8.39. The van der Waals surface area contributed by atoms with Crippen molar-refractivity contribution < 1.29 is 19.1 Å². The van der Waals surface area contributed by atoms with Gasteiger partial charge in [-0.1, -0.05) is 0 Å². The molecule has 2 amide bonds. The molecular formula is C10H10ClNO4. The van der Waals surface area contributed by atoms with E-state index in [-0.39, 0.29) is 42.4 Å². The van der Waals surface area contributed by atoms with Crippen LogP contribution in [0.4, 0.5) is 0 Å². The maximum Gasteiger partial charge on any atom is 0.241 e. The molecule has 0 radical (unpaired) electrons. The monoisotopic (exact) mass is 243 g/mol. The normalized spacial score (nSPS) is 40.7. The first-order chi connectivity index (χ1) is 7.59. The van der Waals surface area contributed by atoms with Crippen LogP contribution in [0.1, 0.15) is 12.8 Å². The van der Waals surface area contributed by atoms with Gasteiger partial charge in [0, 0.05) is 0 Å². The van der Waals surface area contributed by atoms with E-state index < -0.39 is 5.24 Å². The molecule has 3 fully saturated rings. The fourth-order valence-electron chi connectivity index (χ4n) is 3.05. The molecule has 4 atom stereocenters. The number of hydrogen-bond acceptors (Lipinski definition) is 4. The Morgan fingerprint density at radius 3 is 2.19 bits per heavy atom. The van der Waals surface area contributed by atoms with Gasteiger partial charge in [-0.3, -0.25) is 19.3 Å². The molecule has 6 heteroatoms. The second-order valence-corrected chi connectivity index (χ2v) is 4.88. The molecule has 5 nitrogen and oxygen atoms in total. The van der Waals surface area contributed by atoms with Crippen molar-refractivity contribution in [2.45, 2.75) is 25.0 Å². The molecule has 0 N–H and O–H groups in total. The summed E-state index contributed by atoms with van der Waals surface area (Å²) >= 11 is 5.22. The van der Waals surface area contributed by atoms with Crippen LogP contribution in [0.2, 0.25) is 0 Å². The SMILES string of the molecule is O=C(Cl)CN1C(=O)C2C3CCC(O3)C2C1=O. The second-order valence-electron chi connectivity index (χ2n) is 4.46. The first-order valence-electron chi connectivity index (χ1n) is 5.28. The van der Waals surface area contributed by atoms with Crippen LogP contribution in [-0.2, 0) is 19.1 Å². The number of nitrogens with zero attached hydrogens (tertiary/aromatic N) is 1. The van der Waals surface area contributed by atoms with E-state index in [4.69, 9.17) is 16.3 Å². The Labute approximate surface area is 96.7 Å². The molecule has 86 valence electrons. The van der Waals surface area contributed by atoms with Crippen LogP contribution in [-0.4, -0.2) is 40.7 Å². The van der Waals surface area contributed by atoms with Gasteiger partial charge in [0.2, 0.25) is 17.1 Å². The topological polar surface area (TPSA) is 63.7 Å². The molecular weight excluding hydrogens is 234 g/mol. The van der Waals surface area contributed by atoms with Crippen LogP contribution in [0, 0.1) is 11.8 Å². The number of ether oxygens (including phenoxy) is 1. The van der Waals surface area contributed by atoms with Gasteiger partial charge in [0.25, 0.3) is 0 Å². The number of carbonyl (C=O) groups excluding carboxylic acids is 3. The Balaban J connectivity index is 1.89. The summed E-state index contributed by atoms with van der Waals surface area (Å²) in [7, 11) is 0. The molecule has 3 aliphatic heterocycles. The van der Waals surface area contributed by atoms with Crippen LogP contribution in [0.3, 0.4) is 0 Å². The van der Waals surface area contributed by atoms with Crippen LogP contribution < -0.4 is 0 Å². The van der Waals surface area contributed by atoms with Crippen molar-refractivity contribution in [1.82, 2.24) is 4.90 Å². The summed E-state index contributed by atoms with van der Waals surface area (Å²) in [6.07, 6.45) is 1.38. The van der Waals surface area contributed by atoms with Gasteiger partial charge in [0.05, 0.1) is 24.0 Å². The van der Waals surface area contributed by atoms with E-state index in [1.165, 1.54) is 0 Å². The van der Waals surface area contributed by atoms with Gasteiger partial charge in [-0.2, -0.15) is 0 Å². The average Bonchev–Trinajstić information content (AvgIpc) is 2.87. The molecule has 0 aliphatic carbocycles. The van der Waals surface area contributed by atoms with Crippen LogP contribution in [0.25, 0.3) is 0 Å². The second kappa shape index (κ2) is 3.28. The van der Waals surface area contributed by atoms with Crippen molar-refractivity contribution in [2.24, 2.45) is 11.8 Å². The number of fused-ring (bicyclic) bond motifs is 5. The third-order valence-electron chi connectivity index (χ3n) is 3.66. The number of rotatable bonds is 2. The molecule has 3 heterocycles. The molecule has 2 bridgehead atoms. The first kappa shape index (κ1) is 10.2. The Morgan fingerprint density at radius 2 is 1.75 bits per heavy atom. The summed E-state index contributed by atoms with van der Waals surface area (Å²) in [5.41, 5.74) is 0. The van der Waals surface area contributed by atoms with Crippen molar-refractivity contribution in [3.8, 4) is 0 Å². The summed E-state index contributed by atoms with van der Waals surface area (Å²) in [4.78, 5) is 35.6. The minimum Gasteiger partial charge on any atom is -0.373 e. The van der Waals surface area contributed by atoms with E-state index in [2.05, 4.69) is 0 Å². The third-order valence-corrected chi connectivity index (χ3v) is 3.78. The summed E-state index contributed by atoms with van der Waals surface area (Å²) in [5.74, 6) is -1.34. The Morgan fingerprint density at radius 1 is 1.25 bits per heavy atom. The molecule has 4 unspecified atom stereocenters. The van der Waals surface area contributed by atoms with E-state index in [1.807, 2.05) is 0 Å². The van der Waals surface area contributed by atoms with Gasteiger partial charge >= 0.3 is 0 Å². The Bertz CT molecular complexity index is 368. The van der Waals surface area contributed by atoms with E-state index in [0.29, 0.717) is 0 Å². The van der Waals surface area contributed by atoms with E-state index >= 15 is 0 Å². The summed E-state index contributed by atoms with van der Waals surface area (Å²) in [6.45, 7) is -0.314. The lowest BCUT2D eigenvalue weighted by Gasteiger charge is -2.15. The van der Waals surface area contributed by atoms with Gasteiger partial charge in [-0.05, 0) is 24.4 Å². The van der Waals surface area contributed by atoms with Gasteiger partial charge in [-0.25, -0.2) is 0 Å².